The molecule has 2 aliphatic rings. The van der Waals surface area contributed by atoms with E-state index in [2.05, 4.69) is 15.8 Å². The lowest BCUT2D eigenvalue weighted by Gasteiger charge is -2.31. The number of rotatable bonds is 6. The number of aromatic nitrogens is 3. The Balaban J connectivity index is 1.33. The van der Waals surface area contributed by atoms with Gasteiger partial charge in [0, 0.05) is 56.5 Å². The van der Waals surface area contributed by atoms with Crippen molar-refractivity contribution in [3.05, 3.63) is 34.0 Å². The van der Waals surface area contributed by atoms with Crippen molar-refractivity contribution in [3.63, 3.8) is 0 Å². The maximum absolute atomic E-state index is 12.7. The molecule has 1 atom stereocenters. The van der Waals surface area contributed by atoms with E-state index in [1.54, 1.807) is 35.3 Å². The zero-order valence-corrected chi connectivity index (χ0v) is 16.4. The summed E-state index contributed by atoms with van der Waals surface area (Å²) in [6.07, 6.45) is 6.52. The molecule has 2 fully saturated rings. The Morgan fingerprint density at radius 3 is 2.93 bits per heavy atom. The van der Waals surface area contributed by atoms with Gasteiger partial charge in [-0.1, -0.05) is 0 Å². The minimum absolute atomic E-state index is 0.0410. The molecule has 1 aliphatic carbocycles. The molecule has 2 aromatic rings. The second kappa shape index (κ2) is 7.80. The van der Waals surface area contributed by atoms with Crippen LogP contribution in [0.1, 0.15) is 52.8 Å². The molecule has 3 heterocycles. The number of hydrogen-bond acceptors (Lipinski definition) is 5. The summed E-state index contributed by atoms with van der Waals surface area (Å²) in [5, 5.41) is 10.3. The number of piperidine rings is 1. The Hall–Kier alpha value is -2.22. The van der Waals surface area contributed by atoms with Gasteiger partial charge in [-0.2, -0.15) is 5.10 Å². The number of hydrogen-bond donors (Lipinski definition) is 1. The average Bonchev–Trinajstić information content (AvgIpc) is 3.28. The van der Waals surface area contributed by atoms with Crippen LogP contribution < -0.4 is 5.32 Å². The second-order valence-electron chi connectivity index (χ2n) is 7.42. The molecule has 1 aliphatic heterocycles. The smallest absolute Gasteiger partial charge is 0.272 e. The van der Waals surface area contributed by atoms with Crippen LogP contribution in [-0.4, -0.2) is 51.1 Å². The Morgan fingerprint density at radius 1 is 1.33 bits per heavy atom. The first-order valence-electron chi connectivity index (χ1n) is 9.61. The molecule has 1 saturated heterocycles. The van der Waals surface area contributed by atoms with E-state index in [0.29, 0.717) is 18.8 Å². The number of amides is 2. The highest BCUT2D eigenvalue weighted by atomic mass is 32.1. The zero-order valence-electron chi connectivity index (χ0n) is 15.6. The van der Waals surface area contributed by atoms with Gasteiger partial charge in [-0.3, -0.25) is 14.3 Å². The molecule has 7 nitrogen and oxygen atoms in total. The highest BCUT2D eigenvalue weighted by Gasteiger charge is 2.30. The van der Waals surface area contributed by atoms with Crippen LogP contribution in [-0.2, 0) is 18.3 Å². The van der Waals surface area contributed by atoms with Crippen LogP contribution in [0.5, 0.6) is 0 Å². The highest BCUT2D eigenvalue weighted by molar-refractivity contribution is 7.09. The van der Waals surface area contributed by atoms with Gasteiger partial charge in [0.25, 0.3) is 5.91 Å². The molecule has 1 saturated carbocycles. The Kier molecular flexibility index (Phi) is 5.24. The summed E-state index contributed by atoms with van der Waals surface area (Å²) < 4.78 is 1.63. The van der Waals surface area contributed by atoms with Crippen molar-refractivity contribution in [2.45, 2.75) is 38.0 Å². The molecule has 2 aromatic heterocycles. The standard InChI is InChI=1S/C19H25N5O2S/c1-23-16(7-9-21-23)19(26)24-10-2-3-14(11-24)18-22-15(12-27-18)6-8-20-17(25)13-4-5-13/h7,9,12-14H,2-6,8,10-11H2,1H3,(H,20,25)/t14-/m0/s1. The van der Waals surface area contributed by atoms with Gasteiger partial charge in [-0.05, 0) is 31.7 Å². The Morgan fingerprint density at radius 2 is 2.19 bits per heavy atom. The fourth-order valence-corrected chi connectivity index (χ4v) is 4.52. The third-order valence-electron chi connectivity index (χ3n) is 5.30. The Labute approximate surface area is 162 Å². The molecule has 0 radical (unpaired) electrons. The fraction of sp³-hybridized carbons (Fsp3) is 0.579. The van der Waals surface area contributed by atoms with E-state index in [-0.39, 0.29) is 23.7 Å². The van der Waals surface area contributed by atoms with Gasteiger partial charge in [0.2, 0.25) is 5.91 Å². The highest BCUT2D eigenvalue weighted by Crippen LogP contribution is 2.30. The summed E-state index contributed by atoms with van der Waals surface area (Å²) in [7, 11) is 1.80. The molecule has 0 bridgehead atoms. The van der Waals surface area contributed by atoms with Crippen molar-refractivity contribution in [3.8, 4) is 0 Å². The summed E-state index contributed by atoms with van der Waals surface area (Å²) in [6, 6.07) is 1.77. The number of nitrogens with zero attached hydrogens (tertiary/aromatic N) is 4. The lowest BCUT2D eigenvalue weighted by atomic mass is 9.98. The molecule has 1 N–H and O–H groups in total. The van der Waals surface area contributed by atoms with Crippen LogP contribution in [0.15, 0.2) is 17.6 Å². The van der Waals surface area contributed by atoms with Crippen LogP contribution in [0, 0.1) is 5.92 Å². The summed E-state index contributed by atoms with van der Waals surface area (Å²) >= 11 is 1.67. The molecular weight excluding hydrogens is 362 g/mol. The van der Waals surface area contributed by atoms with Crippen molar-refractivity contribution in [2.75, 3.05) is 19.6 Å². The first kappa shape index (κ1) is 18.2. The summed E-state index contributed by atoms with van der Waals surface area (Å²) in [4.78, 5) is 31.1. The van der Waals surface area contributed by atoms with Crippen LogP contribution in [0.25, 0.3) is 0 Å². The number of nitrogens with one attached hydrogen (secondary N) is 1. The number of likely N-dealkylation sites (tertiary alicyclic amines) is 1. The summed E-state index contributed by atoms with van der Waals surface area (Å²) in [5.74, 6) is 0.762. The molecule has 27 heavy (non-hydrogen) atoms. The SMILES string of the molecule is Cn1nccc1C(=O)N1CCC[C@H](c2nc(CCNC(=O)C3CC3)cs2)C1. The van der Waals surface area contributed by atoms with Gasteiger partial charge in [0.15, 0.2) is 0 Å². The van der Waals surface area contributed by atoms with Gasteiger partial charge < -0.3 is 10.2 Å². The van der Waals surface area contributed by atoms with Gasteiger partial charge in [0.1, 0.15) is 5.69 Å². The van der Waals surface area contributed by atoms with Gasteiger partial charge in [-0.25, -0.2) is 4.98 Å². The van der Waals surface area contributed by atoms with Gasteiger partial charge in [-0.15, -0.1) is 11.3 Å². The molecule has 0 aromatic carbocycles. The van der Waals surface area contributed by atoms with Crippen molar-refractivity contribution < 1.29 is 9.59 Å². The largest absolute Gasteiger partial charge is 0.355 e. The number of aryl methyl sites for hydroxylation is 1. The van der Waals surface area contributed by atoms with E-state index in [0.717, 1.165) is 49.4 Å². The van der Waals surface area contributed by atoms with Crippen molar-refractivity contribution in [2.24, 2.45) is 13.0 Å². The van der Waals surface area contributed by atoms with E-state index in [1.807, 2.05) is 4.90 Å². The summed E-state index contributed by atoms with van der Waals surface area (Å²) in [5.41, 5.74) is 1.66. The summed E-state index contributed by atoms with van der Waals surface area (Å²) in [6.45, 7) is 2.13. The van der Waals surface area contributed by atoms with E-state index >= 15 is 0 Å². The third kappa shape index (κ3) is 4.21. The van der Waals surface area contributed by atoms with E-state index in [9.17, 15) is 9.59 Å². The predicted octanol–water partition coefficient (Wildman–Crippen LogP) is 1.97. The molecule has 0 spiro atoms. The maximum Gasteiger partial charge on any atom is 0.272 e. The lowest BCUT2D eigenvalue weighted by Crippen LogP contribution is -2.39. The zero-order chi connectivity index (χ0) is 18.8. The molecule has 2 amide bonds. The first-order valence-corrected chi connectivity index (χ1v) is 10.5. The van der Waals surface area contributed by atoms with E-state index in [4.69, 9.17) is 4.98 Å². The topological polar surface area (TPSA) is 80.1 Å². The van der Waals surface area contributed by atoms with Gasteiger partial charge >= 0.3 is 0 Å². The monoisotopic (exact) mass is 387 g/mol. The molecule has 8 heteroatoms. The van der Waals surface area contributed by atoms with Crippen molar-refractivity contribution >= 4 is 23.2 Å². The average molecular weight is 388 g/mol. The molecule has 0 unspecified atom stereocenters. The van der Waals surface area contributed by atoms with Crippen molar-refractivity contribution in [1.29, 1.82) is 0 Å². The number of carbonyl (C=O) groups excluding carboxylic acids is 2. The number of carbonyl (C=O) groups is 2. The normalized spacial score (nSPS) is 19.9. The Bertz CT molecular complexity index is 826. The fourth-order valence-electron chi connectivity index (χ4n) is 3.54. The van der Waals surface area contributed by atoms with E-state index < -0.39 is 0 Å². The molecule has 4 rings (SSSR count). The van der Waals surface area contributed by atoms with Crippen LogP contribution in [0.2, 0.25) is 0 Å². The quantitative estimate of drug-likeness (QED) is 0.822. The number of thiazole rings is 1. The molecular formula is C19H25N5O2S. The maximum atomic E-state index is 12.7. The third-order valence-corrected chi connectivity index (χ3v) is 6.35. The minimum Gasteiger partial charge on any atom is -0.355 e. The van der Waals surface area contributed by atoms with Crippen molar-refractivity contribution in [1.82, 2.24) is 25.0 Å². The van der Waals surface area contributed by atoms with Crippen LogP contribution >= 0.6 is 11.3 Å². The minimum atomic E-state index is 0.0410. The predicted molar refractivity (Wildman–Crippen MR) is 103 cm³/mol. The lowest BCUT2D eigenvalue weighted by molar-refractivity contribution is -0.122. The second-order valence-corrected chi connectivity index (χ2v) is 8.31. The first-order chi connectivity index (χ1) is 13.1. The van der Waals surface area contributed by atoms with Gasteiger partial charge in [0.05, 0.1) is 10.7 Å². The van der Waals surface area contributed by atoms with Crippen LogP contribution in [0.4, 0.5) is 0 Å². The van der Waals surface area contributed by atoms with E-state index in [1.165, 1.54) is 0 Å². The van der Waals surface area contributed by atoms with Crippen LogP contribution in [0.3, 0.4) is 0 Å². The molecule has 144 valence electrons.